The van der Waals surface area contributed by atoms with Gasteiger partial charge < -0.3 is 10.1 Å². The van der Waals surface area contributed by atoms with Crippen LogP contribution in [0.25, 0.3) is 0 Å². The van der Waals surface area contributed by atoms with E-state index in [4.69, 9.17) is 4.74 Å². The fourth-order valence-corrected chi connectivity index (χ4v) is 1.32. The predicted molar refractivity (Wildman–Crippen MR) is 42.1 cm³/mol. The standard InChI is InChI=1S/C8H17NO/c1-7(2)10-8-4-3-5-9-6-8/h7-9H,3-6H2,1-2H3/t8-/m0/s1. The van der Waals surface area contributed by atoms with Crippen LogP contribution in [0.5, 0.6) is 0 Å². The van der Waals surface area contributed by atoms with E-state index in [-0.39, 0.29) is 0 Å². The summed E-state index contributed by atoms with van der Waals surface area (Å²) < 4.78 is 5.63. The fourth-order valence-electron chi connectivity index (χ4n) is 1.32. The van der Waals surface area contributed by atoms with Crippen molar-refractivity contribution in [2.45, 2.75) is 38.9 Å². The Morgan fingerprint density at radius 3 is 2.80 bits per heavy atom. The van der Waals surface area contributed by atoms with Crippen molar-refractivity contribution in [3.8, 4) is 0 Å². The number of ether oxygens (including phenoxy) is 1. The number of hydrogen-bond acceptors (Lipinski definition) is 2. The quantitative estimate of drug-likeness (QED) is 0.626. The first-order valence-electron chi connectivity index (χ1n) is 4.15. The smallest absolute Gasteiger partial charge is 0.0703 e. The molecular weight excluding hydrogens is 126 g/mol. The first-order chi connectivity index (χ1) is 4.79. The van der Waals surface area contributed by atoms with E-state index in [1.807, 2.05) is 0 Å². The summed E-state index contributed by atoms with van der Waals surface area (Å²) in [6.07, 6.45) is 3.33. The second-order valence-electron chi connectivity index (χ2n) is 3.15. The number of piperidine rings is 1. The number of hydrogen-bond donors (Lipinski definition) is 1. The van der Waals surface area contributed by atoms with Gasteiger partial charge in [-0.3, -0.25) is 0 Å². The third-order valence-electron chi connectivity index (χ3n) is 1.72. The Bertz CT molecular complexity index is 87.3. The van der Waals surface area contributed by atoms with Crippen LogP contribution in [0.15, 0.2) is 0 Å². The van der Waals surface area contributed by atoms with Gasteiger partial charge in [-0.2, -0.15) is 0 Å². The Hall–Kier alpha value is -0.0800. The molecule has 0 aliphatic carbocycles. The lowest BCUT2D eigenvalue weighted by Gasteiger charge is -2.24. The second kappa shape index (κ2) is 3.94. The minimum absolute atomic E-state index is 0.380. The maximum absolute atomic E-state index is 5.63. The van der Waals surface area contributed by atoms with Crippen molar-refractivity contribution in [2.75, 3.05) is 13.1 Å². The molecule has 2 heteroatoms. The van der Waals surface area contributed by atoms with Gasteiger partial charge in [-0.15, -0.1) is 0 Å². The highest BCUT2D eigenvalue weighted by Gasteiger charge is 2.13. The van der Waals surface area contributed by atoms with E-state index >= 15 is 0 Å². The zero-order chi connectivity index (χ0) is 7.40. The van der Waals surface area contributed by atoms with E-state index in [0.717, 1.165) is 13.1 Å². The van der Waals surface area contributed by atoms with Crippen molar-refractivity contribution >= 4 is 0 Å². The topological polar surface area (TPSA) is 21.3 Å². The molecule has 60 valence electrons. The average molecular weight is 143 g/mol. The van der Waals surface area contributed by atoms with Crippen LogP contribution in [-0.4, -0.2) is 25.3 Å². The van der Waals surface area contributed by atoms with E-state index in [0.29, 0.717) is 12.2 Å². The molecule has 10 heavy (non-hydrogen) atoms. The lowest BCUT2D eigenvalue weighted by atomic mass is 10.1. The Morgan fingerprint density at radius 1 is 1.50 bits per heavy atom. The van der Waals surface area contributed by atoms with Crippen LogP contribution in [0.4, 0.5) is 0 Å². The molecule has 1 N–H and O–H groups in total. The fraction of sp³-hybridized carbons (Fsp3) is 1.00. The predicted octanol–water partition coefficient (Wildman–Crippen LogP) is 1.16. The van der Waals surface area contributed by atoms with Gasteiger partial charge in [0.05, 0.1) is 12.2 Å². The Labute approximate surface area is 63.0 Å². The summed E-state index contributed by atoms with van der Waals surface area (Å²) in [4.78, 5) is 0. The minimum atomic E-state index is 0.380. The molecule has 0 radical (unpaired) electrons. The normalized spacial score (nSPS) is 27.3. The van der Waals surface area contributed by atoms with Gasteiger partial charge in [0.1, 0.15) is 0 Å². The summed E-state index contributed by atoms with van der Waals surface area (Å²) in [7, 11) is 0. The maximum atomic E-state index is 5.63. The van der Waals surface area contributed by atoms with Gasteiger partial charge in [-0.05, 0) is 33.2 Å². The molecule has 1 atom stereocenters. The van der Waals surface area contributed by atoms with Crippen molar-refractivity contribution in [1.29, 1.82) is 0 Å². The SMILES string of the molecule is CC(C)O[C@H]1CCCNC1. The summed E-state index contributed by atoms with van der Waals surface area (Å²) in [6, 6.07) is 0. The molecule has 0 unspecified atom stereocenters. The summed E-state index contributed by atoms with van der Waals surface area (Å²) in [5.41, 5.74) is 0. The highest BCUT2D eigenvalue weighted by Crippen LogP contribution is 2.07. The molecule has 0 aromatic rings. The summed E-state index contributed by atoms with van der Waals surface area (Å²) in [5, 5.41) is 3.32. The van der Waals surface area contributed by atoms with Crippen molar-refractivity contribution in [3.63, 3.8) is 0 Å². The lowest BCUT2D eigenvalue weighted by Crippen LogP contribution is -2.36. The minimum Gasteiger partial charge on any atom is -0.374 e. The second-order valence-corrected chi connectivity index (χ2v) is 3.15. The van der Waals surface area contributed by atoms with Gasteiger partial charge in [-0.25, -0.2) is 0 Å². The van der Waals surface area contributed by atoms with E-state index < -0.39 is 0 Å². The molecule has 0 saturated carbocycles. The number of nitrogens with one attached hydrogen (secondary N) is 1. The average Bonchev–Trinajstić information content (AvgIpc) is 1.88. The molecule has 1 aliphatic rings. The van der Waals surface area contributed by atoms with Gasteiger partial charge in [0.25, 0.3) is 0 Å². The van der Waals surface area contributed by atoms with Crippen molar-refractivity contribution < 1.29 is 4.74 Å². The Morgan fingerprint density at radius 2 is 2.30 bits per heavy atom. The first kappa shape index (κ1) is 8.02. The van der Waals surface area contributed by atoms with Crippen LogP contribution < -0.4 is 5.32 Å². The molecule has 1 fully saturated rings. The molecule has 0 spiro atoms. The summed E-state index contributed by atoms with van der Waals surface area (Å²) >= 11 is 0. The third-order valence-corrected chi connectivity index (χ3v) is 1.72. The molecule has 0 amide bonds. The Kier molecular flexibility index (Phi) is 3.16. The molecular formula is C8H17NO. The molecule has 1 saturated heterocycles. The highest BCUT2D eigenvalue weighted by molar-refractivity contribution is 4.69. The van der Waals surface area contributed by atoms with E-state index in [1.165, 1.54) is 12.8 Å². The zero-order valence-electron chi connectivity index (χ0n) is 6.89. The summed E-state index contributed by atoms with van der Waals surface area (Å²) in [6.45, 7) is 6.39. The van der Waals surface area contributed by atoms with Crippen LogP contribution in [0.3, 0.4) is 0 Å². The largest absolute Gasteiger partial charge is 0.374 e. The van der Waals surface area contributed by atoms with Gasteiger partial charge >= 0.3 is 0 Å². The van der Waals surface area contributed by atoms with Crippen LogP contribution in [0.2, 0.25) is 0 Å². The van der Waals surface area contributed by atoms with E-state index in [1.54, 1.807) is 0 Å². The molecule has 0 aromatic heterocycles. The monoisotopic (exact) mass is 143 g/mol. The van der Waals surface area contributed by atoms with Gasteiger partial charge in [0.15, 0.2) is 0 Å². The molecule has 0 bridgehead atoms. The molecule has 2 nitrogen and oxygen atoms in total. The van der Waals surface area contributed by atoms with Crippen LogP contribution in [0.1, 0.15) is 26.7 Å². The van der Waals surface area contributed by atoms with Crippen LogP contribution in [0, 0.1) is 0 Å². The summed E-state index contributed by atoms with van der Waals surface area (Å²) in [5.74, 6) is 0. The van der Waals surface area contributed by atoms with E-state index in [9.17, 15) is 0 Å². The zero-order valence-corrected chi connectivity index (χ0v) is 6.89. The van der Waals surface area contributed by atoms with Crippen LogP contribution in [-0.2, 0) is 4.74 Å². The molecule has 0 aromatic carbocycles. The highest BCUT2D eigenvalue weighted by atomic mass is 16.5. The lowest BCUT2D eigenvalue weighted by molar-refractivity contribution is -0.00426. The van der Waals surface area contributed by atoms with Gasteiger partial charge in [0.2, 0.25) is 0 Å². The molecule has 1 rings (SSSR count). The van der Waals surface area contributed by atoms with Gasteiger partial charge in [0, 0.05) is 6.54 Å². The Balaban J connectivity index is 2.13. The van der Waals surface area contributed by atoms with Crippen LogP contribution >= 0.6 is 0 Å². The van der Waals surface area contributed by atoms with E-state index in [2.05, 4.69) is 19.2 Å². The maximum Gasteiger partial charge on any atom is 0.0703 e. The van der Waals surface area contributed by atoms with Gasteiger partial charge in [-0.1, -0.05) is 0 Å². The number of rotatable bonds is 2. The molecule has 1 aliphatic heterocycles. The van der Waals surface area contributed by atoms with Crippen molar-refractivity contribution in [2.24, 2.45) is 0 Å². The van der Waals surface area contributed by atoms with Crippen molar-refractivity contribution in [3.05, 3.63) is 0 Å². The van der Waals surface area contributed by atoms with Crippen molar-refractivity contribution in [1.82, 2.24) is 5.32 Å². The third kappa shape index (κ3) is 2.67. The first-order valence-corrected chi connectivity index (χ1v) is 4.15. The molecule has 1 heterocycles.